The molecule has 0 saturated carbocycles. The van der Waals surface area contributed by atoms with Crippen LogP contribution in [0.5, 0.6) is 0 Å². The lowest BCUT2D eigenvalue weighted by molar-refractivity contribution is -0.178. The van der Waals surface area contributed by atoms with Crippen molar-refractivity contribution in [1.82, 2.24) is 0 Å². The Morgan fingerprint density at radius 1 is 1.36 bits per heavy atom. The van der Waals surface area contributed by atoms with Gasteiger partial charge in [0.15, 0.2) is 0 Å². The van der Waals surface area contributed by atoms with Crippen LogP contribution < -0.4 is 0 Å². The van der Waals surface area contributed by atoms with Crippen molar-refractivity contribution in [3.05, 3.63) is 0 Å². The van der Waals surface area contributed by atoms with Gasteiger partial charge >= 0.3 is 0 Å². The molecule has 0 aliphatic carbocycles. The minimum absolute atomic E-state index is 0.0728. The first-order valence-electron chi connectivity index (χ1n) is 5.68. The fourth-order valence-corrected chi connectivity index (χ4v) is 2.57. The van der Waals surface area contributed by atoms with Crippen LogP contribution in [0, 0.1) is 0 Å². The van der Waals surface area contributed by atoms with Gasteiger partial charge in [0.1, 0.15) is 0 Å². The third-order valence-electron chi connectivity index (χ3n) is 3.43. The van der Waals surface area contributed by atoms with Gasteiger partial charge in [-0.3, -0.25) is 0 Å². The van der Waals surface area contributed by atoms with Crippen molar-refractivity contribution in [3.63, 3.8) is 0 Å². The summed E-state index contributed by atoms with van der Waals surface area (Å²) >= 11 is 0. The molecule has 0 aromatic heterocycles. The summed E-state index contributed by atoms with van der Waals surface area (Å²) in [7, 11) is 0. The van der Waals surface area contributed by atoms with Crippen molar-refractivity contribution in [3.8, 4) is 0 Å². The summed E-state index contributed by atoms with van der Waals surface area (Å²) in [4.78, 5) is 0. The number of rotatable bonds is 1. The lowest BCUT2D eigenvalue weighted by atomic mass is 9.82. The zero-order valence-electron chi connectivity index (χ0n) is 8.87. The molecule has 3 nitrogen and oxygen atoms in total. The highest BCUT2D eigenvalue weighted by Crippen LogP contribution is 2.37. The maximum atomic E-state index is 9.66. The van der Waals surface area contributed by atoms with Gasteiger partial charge in [0.25, 0.3) is 0 Å². The third kappa shape index (κ3) is 2.10. The molecule has 0 bridgehead atoms. The number of ether oxygens (including phenoxy) is 2. The van der Waals surface area contributed by atoms with Gasteiger partial charge in [-0.15, -0.1) is 0 Å². The Morgan fingerprint density at radius 2 is 2.21 bits per heavy atom. The molecule has 2 saturated heterocycles. The van der Waals surface area contributed by atoms with Crippen LogP contribution in [-0.4, -0.2) is 36.1 Å². The Hall–Kier alpha value is -0.120. The fraction of sp³-hybridized carbons (Fsp3) is 1.00. The molecule has 2 heterocycles. The maximum Gasteiger partial charge on any atom is 0.0753 e. The number of aliphatic hydroxyl groups is 1. The van der Waals surface area contributed by atoms with Crippen molar-refractivity contribution < 1.29 is 14.6 Å². The van der Waals surface area contributed by atoms with E-state index in [-0.39, 0.29) is 11.7 Å². The lowest BCUT2D eigenvalue weighted by Crippen LogP contribution is -2.48. The Balaban J connectivity index is 1.99. The molecule has 0 amide bonds. The highest BCUT2D eigenvalue weighted by Gasteiger charge is 2.41. The van der Waals surface area contributed by atoms with Gasteiger partial charge in [-0.05, 0) is 19.3 Å². The Bertz CT molecular complexity index is 191. The van der Waals surface area contributed by atoms with E-state index in [0.29, 0.717) is 12.7 Å². The molecule has 0 aromatic carbocycles. The van der Waals surface area contributed by atoms with Gasteiger partial charge in [0.2, 0.25) is 0 Å². The van der Waals surface area contributed by atoms with Gasteiger partial charge in [0, 0.05) is 26.1 Å². The molecular weight excluding hydrogens is 180 g/mol. The van der Waals surface area contributed by atoms with E-state index < -0.39 is 0 Å². The number of hydrogen-bond donors (Lipinski definition) is 1. The van der Waals surface area contributed by atoms with E-state index in [2.05, 4.69) is 6.92 Å². The van der Waals surface area contributed by atoms with Crippen LogP contribution >= 0.6 is 0 Å². The molecular formula is C11H20O3. The van der Waals surface area contributed by atoms with Crippen molar-refractivity contribution in [2.24, 2.45) is 0 Å². The SMILES string of the molecule is CCC1CC2(CCO1)CC(O)CCO2. The molecule has 14 heavy (non-hydrogen) atoms. The van der Waals surface area contributed by atoms with E-state index in [0.717, 1.165) is 38.7 Å². The monoisotopic (exact) mass is 200 g/mol. The zero-order chi connectivity index (χ0) is 10.0. The summed E-state index contributed by atoms with van der Waals surface area (Å²) in [6, 6.07) is 0. The standard InChI is InChI=1S/C11H20O3/c1-2-10-8-11(4-6-13-10)7-9(12)3-5-14-11/h9-10,12H,2-8H2,1H3. The largest absolute Gasteiger partial charge is 0.393 e. The Kier molecular flexibility index (Phi) is 3.10. The topological polar surface area (TPSA) is 38.7 Å². The summed E-state index contributed by atoms with van der Waals surface area (Å²) in [5, 5.41) is 9.66. The van der Waals surface area contributed by atoms with Gasteiger partial charge in [-0.2, -0.15) is 0 Å². The van der Waals surface area contributed by atoms with Crippen LogP contribution in [0.3, 0.4) is 0 Å². The highest BCUT2D eigenvalue weighted by molar-refractivity contribution is 4.91. The first kappa shape index (κ1) is 10.4. The molecule has 3 unspecified atom stereocenters. The van der Waals surface area contributed by atoms with Gasteiger partial charge in [0.05, 0.1) is 17.8 Å². The summed E-state index contributed by atoms with van der Waals surface area (Å²) in [6.45, 7) is 3.63. The van der Waals surface area contributed by atoms with Crippen LogP contribution in [0.25, 0.3) is 0 Å². The van der Waals surface area contributed by atoms with Crippen LogP contribution in [0.1, 0.15) is 39.0 Å². The van der Waals surface area contributed by atoms with Crippen molar-refractivity contribution in [2.45, 2.75) is 56.8 Å². The highest BCUT2D eigenvalue weighted by atomic mass is 16.5. The minimum atomic E-state index is -0.167. The molecule has 3 atom stereocenters. The molecule has 1 N–H and O–H groups in total. The normalized spacial score (nSPS) is 44.1. The van der Waals surface area contributed by atoms with Crippen LogP contribution in [0.15, 0.2) is 0 Å². The fourth-order valence-electron chi connectivity index (χ4n) is 2.57. The van der Waals surface area contributed by atoms with E-state index in [9.17, 15) is 5.11 Å². The molecule has 2 aliphatic heterocycles. The Morgan fingerprint density at radius 3 is 2.93 bits per heavy atom. The van der Waals surface area contributed by atoms with Gasteiger partial charge in [-0.25, -0.2) is 0 Å². The van der Waals surface area contributed by atoms with Crippen molar-refractivity contribution >= 4 is 0 Å². The zero-order valence-corrected chi connectivity index (χ0v) is 8.87. The number of aliphatic hydroxyl groups excluding tert-OH is 1. The first-order valence-corrected chi connectivity index (χ1v) is 5.68. The maximum absolute atomic E-state index is 9.66. The lowest BCUT2D eigenvalue weighted by Gasteiger charge is -2.44. The van der Waals surface area contributed by atoms with Gasteiger partial charge in [-0.1, -0.05) is 6.92 Å². The van der Waals surface area contributed by atoms with E-state index in [1.807, 2.05) is 0 Å². The van der Waals surface area contributed by atoms with Crippen LogP contribution in [0.2, 0.25) is 0 Å². The molecule has 2 aliphatic rings. The van der Waals surface area contributed by atoms with Gasteiger partial charge < -0.3 is 14.6 Å². The third-order valence-corrected chi connectivity index (χ3v) is 3.43. The van der Waals surface area contributed by atoms with Crippen molar-refractivity contribution in [1.29, 1.82) is 0 Å². The molecule has 1 spiro atoms. The predicted molar refractivity (Wildman–Crippen MR) is 53.2 cm³/mol. The molecule has 2 fully saturated rings. The first-order chi connectivity index (χ1) is 6.74. The molecule has 0 radical (unpaired) electrons. The van der Waals surface area contributed by atoms with E-state index in [4.69, 9.17) is 9.47 Å². The minimum Gasteiger partial charge on any atom is -0.393 e. The predicted octanol–water partition coefficient (Wildman–Crippen LogP) is 1.49. The second-order valence-electron chi connectivity index (χ2n) is 4.53. The van der Waals surface area contributed by atoms with Crippen molar-refractivity contribution in [2.75, 3.05) is 13.2 Å². The van der Waals surface area contributed by atoms with E-state index in [1.54, 1.807) is 0 Å². The Labute approximate surface area is 85.4 Å². The van der Waals surface area contributed by atoms with E-state index in [1.165, 1.54) is 0 Å². The van der Waals surface area contributed by atoms with Crippen LogP contribution in [0.4, 0.5) is 0 Å². The summed E-state index contributed by atoms with van der Waals surface area (Å²) in [5.74, 6) is 0. The average molecular weight is 200 g/mol. The quantitative estimate of drug-likeness (QED) is 0.697. The average Bonchev–Trinajstić information content (AvgIpc) is 2.17. The summed E-state index contributed by atoms with van der Waals surface area (Å²) in [6.07, 6.45) is 4.70. The second-order valence-corrected chi connectivity index (χ2v) is 4.53. The molecule has 0 aromatic rings. The smallest absolute Gasteiger partial charge is 0.0753 e. The molecule has 3 heteroatoms. The van der Waals surface area contributed by atoms with E-state index >= 15 is 0 Å². The summed E-state index contributed by atoms with van der Waals surface area (Å²) < 4.78 is 11.5. The molecule has 82 valence electrons. The second kappa shape index (κ2) is 4.17. The van der Waals surface area contributed by atoms with Crippen LogP contribution in [-0.2, 0) is 9.47 Å². The number of hydrogen-bond acceptors (Lipinski definition) is 3. The molecule has 2 rings (SSSR count). The summed E-state index contributed by atoms with van der Waals surface area (Å²) in [5.41, 5.74) is -0.0728.